The van der Waals surface area contributed by atoms with Crippen LogP contribution in [0.2, 0.25) is 5.02 Å². The summed E-state index contributed by atoms with van der Waals surface area (Å²) in [6.07, 6.45) is 2.17. The third kappa shape index (κ3) is 4.98. The van der Waals surface area contributed by atoms with Crippen LogP contribution in [0.4, 0.5) is 10.1 Å². The first-order valence-corrected chi connectivity index (χ1v) is 9.55. The summed E-state index contributed by atoms with van der Waals surface area (Å²) in [6, 6.07) is 6.82. The Balaban J connectivity index is 1.65. The Morgan fingerprint density at radius 3 is 2.80 bits per heavy atom. The molecule has 0 bridgehead atoms. The van der Waals surface area contributed by atoms with Crippen LogP contribution in [0.15, 0.2) is 40.9 Å². The smallest absolute Gasteiger partial charge is 0.291 e. The fourth-order valence-electron chi connectivity index (χ4n) is 2.62. The first kappa shape index (κ1) is 21.4. The number of nitrogens with one attached hydrogen (secondary N) is 2. The lowest BCUT2D eigenvalue weighted by Gasteiger charge is -2.08. The Bertz CT molecular complexity index is 1060. The number of aromatic nitrogens is 2. The summed E-state index contributed by atoms with van der Waals surface area (Å²) in [4.78, 5) is 24.8. The Morgan fingerprint density at radius 1 is 1.27 bits per heavy atom. The van der Waals surface area contributed by atoms with E-state index in [0.29, 0.717) is 18.1 Å². The predicted molar refractivity (Wildman–Crippen MR) is 108 cm³/mol. The Hall–Kier alpha value is -3.33. The maximum atomic E-state index is 13.1. The molecule has 0 saturated carbocycles. The van der Waals surface area contributed by atoms with Gasteiger partial charge in [-0.25, -0.2) is 4.39 Å². The molecule has 10 heteroatoms. The molecule has 30 heavy (non-hydrogen) atoms. The van der Waals surface area contributed by atoms with E-state index < -0.39 is 11.7 Å². The van der Waals surface area contributed by atoms with Crippen LogP contribution >= 0.6 is 11.6 Å². The van der Waals surface area contributed by atoms with Gasteiger partial charge in [0.1, 0.15) is 29.6 Å². The number of aryl methyl sites for hydroxylation is 1. The summed E-state index contributed by atoms with van der Waals surface area (Å²) in [5.41, 5.74) is 0.501. The molecule has 0 radical (unpaired) electrons. The molecule has 2 aromatic heterocycles. The Labute approximate surface area is 177 Å². The number of halogens is 2. The highest BCUT2D eigenvalue weighted by atomic mass is 35.5. The molecule has 1 aromatic carbocycles. The normalized spacial score (nSPS) is 10.7. The molecule has 0 spiro atoms. The quantitative estimate of drug-likeness (QED) is 0.562. The molecule has 2 amide bonds. The van der Waals surface area contributed by atoms with E-state index in [-0.39, 0.29) is 34.7 Å². The van der Waals surface area contributed by atoms with E-state index in [2.05, 4.69) is 15.7 Å². The first-order chi connectivity index (χ1) is 14.4. The van der Waals surface area contributed by atoms with Gasteiger partial charge in [-0.05, 0) is 36.8 Å². The zero-order chi connectivity index (χ0) is 21.7. The summed E-state index contributed by atoms with van der Waals surface area (Å²) >= 11 is 5.92. The van der Waals surface area contributed by atoms with Crippen molar-refractivity contribution in [3.8, 4) is 5.75 Å². The first-order valence-electron chi connectivity index (χ1n) is 9.17. The second-order valence-electron chi connectivity index (χ2n) is 6.37. The minimum absolute atomic E-state index is 0.00377. The lowest BCUT2D eigenvalue weighted by Crippen LogP contribution is -2.27. The predicted octanol–water partition coefficient (Wildman–Crippen LogP) is 3.78. The van der Waals surface area contributed by atoms with Gasteiger partial charge in [-0.15, -0.1) is 0 Å². The molecule has 0 aliphatic carbocycles. The van der Waals surface area contributed by atoms with Gasteiger partial charge in [0.2, 0.25) is 0 Å². The average molecular weight is 435 g/mol. The van der Waals surface area contributed by atoms with Crippen molar-refractivity contribution < 1.29 is 23.1 Å². The van der Waals surface area contributed by atoms with Gasteiger partial charge in [0.05, 0.1) is 16.9 Å². The average Bonchev–Trinajstić information content (AvgIpc) is 3.32. The molecule has 158 valence electrons. The van der Waals surface area contributed by atoms with Gasteiger partial charge in [0.15, 0.2) is 5.76 Å². The van der Waals surface area contributed by atoms with E-state index in [1.807, 2.05) is 6.92 Å². The van der Waals surface area contributed by atoms with E-state index in [4.69, 9.17) is 20.8 Å². The number of ether oxygens (including phenoxy) is 1. The van der Waals surface area contributed by atoms with Crippen LogP contribution in [0.1, 0.15) is 40.1 Å². The molecule has 0 saturated heterocycles. The maximum Gasteiger partial charge on any atom is 0.291 e. The van der Waals surface area contributed by atoms with Crippen molar-refractivity contribution in [2.24, 2.45) is 7.05 Å². The van der Waals surface area contributed by atoms with Crippen LogP contribution in [0.3, 0.4) is 0 Å². The molecule has 3 aromatic rings. The van der Waals surface area contributed by atoms with E-state index in [0.717, 1.165) is 12.5 Å². The second-order valence-corrected chi connectivity index (χ2v) is 6.78. The Morgan fingerprint density at radius 2 is 2.07 bits per heavy atom. The van der Waals surface area contributed by atoms with Crippen molar-refractivity contribution in [1.82, 2.24) is 15.1 Å². The Kier molecular flexibility index (Phi) is 6.73. The molecule has 0 fully saturated rings. The van der Waals surface area contributed by atoms with Gasteiger partial charge in [-0.1, -0.05) is 18.5 Å². The van der Waals surface area contributed by atoms with Gasteiger partial charge < -0.3 is 19.8 Å². The highest BCUT2D eigenvalue weighted by Crippen LogP contribution is 2.26. The largest absolute Gasteiger partial charge is 0.484 e. The van der Waals surface area contributed by atoms with Crippen molar-refractivity contribution in [3.63, 3.8) is 0 Å². The van der Waals surface area contributed by atoms with Crippen molar-refractivity contribution in [3.05, 3.63) is 64.6 Å². The maximum absolute atomic E-state index is 13.1. The monoisotopic (exact) mass is 434 g/mol. The van der Waals surface area contributed by atoms with Crippen molar-refractivity contribution in [2.75, 3.05) is 11.9 Å². The van der Waals surface area contributed by atoms with Crippen molar-refractivity contribution in [1.29, 1.82) is 0 Å². The standard InChI is InChI=1S/C20H20ClFN4O4/c1-3-8-23-20(28)18-15(10-24-26(18)2)25-19(27)17-7-5-13(30-17)11-29-16-6-4-12(22)9-14(16)21/h4-7,9-10H,3,8,11H2,1-2H3,(H,23,28)(H,25,27). The number of nitrogens with zero attached hydrogens (tertiary/aromatic N) is 2. The highest BCUT2D eigenvalue weighted by Gasteiger charge is 2.20. The van der Waals surface area contributed by atoms with E-state index in [1.54, 1.807) is 13.1 Å². The topological polar surface area (TPSA) is 98.4 Å². The van der Waals surface area contributed by atoms with Gasteiger partial charge in [0.25, 0.3) is 11.8 Å². The number of amides is 2. The van der Waals surface area contributed by atoms with E-state index in [9.17, 15) is 14.0 Å². The molecule has 0 atom stereocenters. The molecule has 0 aliphatic rings. The minimum Gasteiger partial charge on any atom is -0.484 e. The van der Waals surface area contributed by atoms with E-state index >= 15 is 0 Å². The number of carbonyl (C=O) groups is 2. The van der Waals surface area contributed by atoms with Crippen LogP contribution in [-0.4, -0.2) is 28.1 Å². The summed E-state index contributed by atoms with van der Waals surface area (Å²) in [5.74, 6) is -0.660. The molecule has 0 unspecified atom stereocenters. The molecule has 2 heterocycles. The molecule has 8 nitrogen and oxygen atoms in total. The van der Waals surface area contributed by atoms with Gasteiger partial charge >= 0.3 is 0 Å². The molecular weight excluding hydrogens is 415 g/mol. The lowest BCUT2D eigenvalue weighted by atomic mass is 10.3. The number of hydrogen-bond donors (Lipinski definition) is 2. The number of carbonyl (C=O) groups excluding carboxylic acids is 2. The molecular formula is C20H20ClFN4O4. The molecule has 3 rings (SSSR count). The number of hydrogen-bond acceptors (Lipinski definition) is 5. The van der Waals surface area contributed by atoms with Crippen LogP contribution < -0.4 is 15.4 Å². The number of anilines is 1. The van der Waals surface area contributed by atoms with Crippen LogP contribution in [-0.2, 0) is 13.7 Å². The number of rotatable bonds is 8. The summed E-state index contributed by atoms with van der Waals surface area (Å²) in [6.45, 7) is 2.45. The summed E-state index contributed by atoms with van der Waals surface area (Å²) in [5, 5.41) is 9.53. The van der Waals surface area contributed by atoms with Crippen molar-refractivity contribution in [2.45, 2.75) is 20.0 Å². The fourth-order valence-corrected chi connectivity index (χ4v) is 2.84. The highest BCUT2D eigenvalue weighted by molar-refractivity contribution is 6.32. The summed E-state index contributed by atoms with van der Waals surface area (Å²) in [7, 11) is 1.61. The fraction of sp³-hybridized carbons (Fsp3) is 0.250. The van der Waals surface area contributed by atoms with Gasteiger partial charge in [-0.2, -0.15) is 5.10 Å². The zero-order valence-electron chi connectivity index (χ0n) is 16.4. The van der Waals surface area contributed by atoms with E-state index in [1.165, 1.54) is 29.1 Å². The van der Waals surface area contributed by atoms with Gasteiger partial charge in [0, 0.05) is 13.6 Å². The summed E-state index contributed by atoms with van der Waals surface area (Å²) < 4.78 is 25.5. The third-order valence-electron chi connectivity index (χ3n) is 4.09. The number of benzene rings is 1. The lowest BCUT2D eigenvalue weighted by molar-refractivity contribution is 0.0945. The van der Waals surface area contributed by atoms with Crippen molar-refractivity contribution >= 4 is 29.1 Å². The molecule has 0 aliphatic heterocycles. The third-order valence-corrected chi connectivity index (χ3v) is 4.38. The van der Waals surface area contributed by atoms with Crippen LogP contribution in [0, 0.1) is 5.82 Å². The zero-order valence-corrected chi connectivity index (χ0v) is 17.1. The van der Waals surface area contributed by atoms with Gasteiger partial charge in [-0.3, -0.25) is 14.3 Å². The van der Waals surface area contributed by atoms with Crippen LogP contribution in [0.25, 0.3) is 0 Å². The number of furan rings is 1. The minimum atomic E-state index is -0.543. The van der Waals surface area contributed by atoms with Crippen LogP contribution in [0.5, 0.6) is 5.75 Å². The second kappa shape index (κ2) is 9.45. The molecule has 2 N–H and O–H groups in total. The SMILES string of the molecule is CCCNC(=O)c1c(NC(=O)c2ccc(COc3ccc(F)cc3Cl)o2)cnn1C.